The van der Waals surface area contributed by atoms with Crippen molar-refractivity contribution < 1.29 is 26.1 Å². The largest absolute Gasteiger partial charge is 1.00 e. The van der Waals surface area contributed by atoms with Gasteiger partial charge in [-0.2, -0.15) is 0 Å². The van der Waals surface area contributed by atoms with E-state index in [2.05, 4.69) is 72.8 Å². The topological polar surface area (TPSA) is 0 Å². The van der Waals surface area contributed by atoms with E-state index in [0.29, 0.717) is 0 Å². The Morgan fingerprint density at radius 2 is 1.16 bits per heavy atom. The summed E-state index contributed by atoms with van der Waals surface area (Å²) in [5.41, 5.74) is 5.99. The van der Waals surface area contributed by atoms with Crippen molar-refractivity contribution in [3.05, 3.63) is 82.9 Å². The smallest absolute Gasteiger partial charge is 1.00 e. The predicted octanol–water partition coefficient (Wildman–Crippen LogP) is 4.83. The number of hydrogen-bond donors (Lipinski definition) is 0. The Labute approximate surface area is 128 Å². The summed E-state index contributed by atoms with van der Waals surface area (Å²) in [5.74, 6) is 0. The van der Waals surface area contributed by atoms with Crippen LogP contribution in [0.1, 0.15) is 32.4 Å². The Balaban J connectivity index is 0.000000807. The molecule has 0 nitrogen and oxygen atoms in total. The van der Waals surface area contributed by atoms with Gasteiger partial charge >= 0.3 is 126 Å². The summed E-state index contributed by atoms with van der Waals surface area (Å²) in [4.78, 5) is 0. The van der Waals surface area contributed by atoms with Gasteiger partial charge in [0.2, 0.25) is 0 Å². The summed E-state index contributed by atoms with van der Waals surface area (Å²) in [6.07, 6.45) is 9.49. The summed E-state index contributed by atoms with van der Waals surface area (Å²) in [5, 5.41) is 0. The van der Waals surface area contributed by atoms with Crippen LogP contribution >= 0.6 is 0 Å². The first kappa shape index (κ1) is 11.6. The maximum Gasteiger partial charge on any atom is -1.00 e. The second-order valence-corrected chi connectivity index (χ2v) is 8.98. The molecule has 0 saturated carbocycles. The van der Waals surface area contributed by atoms with Crippen LogP contribution in [0.5, 0.6) is 0 Å². The van der Waals surface area contributed by atoms with Crippen LogP contribution < -0.4 is 0 Å². The molecule has 2 aromatic carbocycles. The summed E-state index contributed by atoms with van der Waals surface area (Å²) in [6, 6.07) is 17.7. The van der Waals surface area contributed by atoms with E-state index in [1.165, 1.54) is 11.1 Å². The molecule has 2 atom stereocenters. The van der Waals surface area contributed by atoms with Gasteiger partial charge in [0.25, 0.3) is 0 Å². The molecule has 0 saturated heterocycles. The van der Waals surface area contributed by atoms with Gasteiger partial charge in [0.15, 0.2) is 0 Å². The molecular formula is C18H16Zr. The van der Waals surface area contributed by atoms with E-state index in [-0.39, 0.29) is 2.85 Å². The van der Waals surface area contributed by atoms with Gasteiger partial charge in [-0.25, -0.2) is 0 Å². The Hall–Kier alpha value is -1.20. The first-order valence-corrected chi connectivity index (χ1v) is 9.56. The molecule has 2 aromatic rings. The minimum absolute atomic E-state index is 0. The molecule has 0 amide bonds. The van der Waals surface area contributed by atoms with Gasteiger partial charge < -0.3 is 2.85 Å². The van der Waals surface area contributed by atoms with E-state index in [4.69, 9.17) is 0 Å². The molecule has 0 N–H and O–H groups in total. The number of fused-ring (bicyclic) bond motifs is 2. The minimum Gasteiger partial charge on any atom is -1.00 e. The van der Waals surface area contributed by atoms with E-state index < -0.39 is 23.2 Å². The third-order valence-electron chi connectivity index (χ3n) is 3.96. The summed E-state index contributed by atoms with van der Waals surface area (Å²) in [6.45, 7) is 0. The molecule has 0 aliphatic heterocycles. The maximum absolute atomic E-state index is 2.44. The summed E-state index contributed by atoms with van der Waals surface area (Å²) in [7, 11) is 0. The quantitative estimate of drug-likeness (QED) is 0.742. The van der Waals surface area contributed by atoms with E-state index in [1.807, 2.05) is 0 Å². The van der Waals surface area contributed by atoms with Crippen LogP contribution in [-0.4, -0.2) is 0 Å². The Morgan fingerprint density at radius 3 is 1.68 bits per heavy atom. The van der Waals surface area contributed by atoms with Crippen LogP contribution in [0.3, 0.4) is 0 Å². The van der Waals surface area contributed by atoms with Gasteiger partial charge in [-0.15, -0.1) is 0 Å². The van der Waals surface area contributed by atoms with E-state index >= 15 is 0 Å². The van der Waals surface area contributed by atoms with Crippen LogP contribution in [0.4, 0.5) is 0 Å². The fourth-order valence-electron chi connectivity index (χ4n) is 2.98. The molecule has 1 heteroatoms. The van der Waals surface area contributed by atoms with Crippen molar-refractivity contribution in [3.63, 3.8) is 0 Å². The third-order valence-corrected chi connectivity index (χ3v) is 8.20. The monoisotopic (exact) mass is 322 g/mol. The second-order valence-electron chi connectivity index (χ2n) is 5.10. The fourth-order valence-corrected chi connectivity index (χ4v) is 7.13. The second kappa shape index (κ2) is 4.72. The number of allylic oxidation sites excluding steroid dienone is 2. The van der Waals surface area contributed by atoms with Gasteiger partial charge in [-0.3, -0.25) is 0 Å². The molecule has 92 valence electrons. The zero-order valence-corrected chi connectivity index (χ0v) is 13.0. The van der Waals surface area contributed by atoms with Crippen molar-refractivity contribution in [2.45, 2.75) is 7.25 Å². The molecule has 2 unspecified atom stereocenters. The van der Waals surface area contributed by atoms with E-state index in [0.717, 1.165) is 7.25 Å². The molecular weight excluding hydrogens is 307 g/mol. The van der Waals surface area contributed by atoms with Crippen molar-refractivity contribution in [1.29, 1.82) is 0 Å². The maximum atomic E-state index is 2.44. The predicted molar refractivity (Wildman–Crippen MR) is 78.7 cm³/mol. The fraction of sp³-hybridized carbons (Fsp3) is 0.111. The standard InChI is InChI=1S/2C9H7.Zr.2H/c2*1-2-5-9-7-3-6-8(9)4-1;;;/h2*1-7H;;;/q;;+2;2*-1. The summed E-state index contributed by atoms with van der Waals surface area (Å²) >= 11 is -0.542. The SMILES string of the molecule is C1=C[CH]([Zr+2][CH]2C=Cc3ccccc32)c2ccccc21.[H-].[H-]. The first-order chi connectivity index (χ1) is 9.42. The number of benzene rings is 2. The van der Waals surface area contributed by atoms with Crippen LogP contribution in [0.25, 0.3) is 12.2 Å². The Kier molecular flexibility index (Phi) is 2.89. The van der Waals surface area contributed by atoms with Gasteiger partial charge in [-0.05, 0) is 0 Å². The van der Waals surface area contributed by atoms with Gasteiger partial charge in [0.1, 0.15) is 0 Å². The summed E-state index contributed by atoms with van der Waals surface area (Å²) < 4.78 is 1.47. The molecule has 4 rings (SSSR count). The van der Waals surface area contributed by atoms with Crippen molar-refractivity contribution >= 4 is 12.2 Å². The van der Waals surface area contributed by atoms with Gasteiger partial charge in [0.05, 0.1) is 0 Å². The minimum atomic E-state index is -0.542. The first-order valence-electron chi connectivity index (χ1n) is 6.72. The molecule has 19 heavy (non-hydrogen) atoms. The molecule has 2 aliphatic carbocycles. The van der Waals surface area contributed by atoms with Crippen LogP contribution in [0.2, 0.25) is 0 Å². The zero-order valence-electron chi connectivity index (χ0n) is 12.6. The van der Waals surface area contributed by atoms with E-state index in [1.54, 1.807) is 11.1 Å². The van der Waals surface area contributed by atoms with Gasteiger partial charge in [-0.1, -0.05) is 0 Å². The van der Waals surface area contributed by atoms with Crippen molar-refractivity contribution in [2.24, 2.45) is 0 Å². The van der Waals surface area contributed by atoms with E-state index in [9.17, 15) is 0 Å². The molecule has 0 heterocycles. The molecule has 0 spiro atoms. The Morgan fingerprint density at radius 1 is 0.684 bits per heavy atom. The zero-order chi connectivity index (χ0) is 12.7. The normalized spacial score (nSPS) is 22.1. The number of hydrogen-bond acceptors (Lipinski definition) is 0. The van der Waals surface area contributed by atoms with Crippen molar-refractivity contribution in [3.8, 4) is 0 Å². The molecule has 0 aromatic heterocycles. The van der Waals surface area contributed by atoms with Crippen LogP contribution in [0.15, 0.2) is 60.7 Å². The number of rotatable bonds is 2. The Bertz CT molecular complexity index is 632. The molecule has 0 fully saturated rings. The van der Waals surface area contributed by atoms with Crippen molar-refractivity contribution in [1.82, 2.24) is 0 Å². The third kappa shape index (κ3) is 2.01. The van der Waals surface area contributed by atoms with Crippen molar-refractivity contribution in [2.75, 3.05) is 0 Å². The average Bonchev–Trinajstić information content (AvgIpc) is 3.05. The molecule has 2 aliphatic rings. The van der Waals surface area contributed by atoms with Crippen LogP contribution in [0, 0.1) is 0 Å². The van der Waals surface area contributed by atoms with Gasteiger partial charge in [0, 0.05) is 0 Å². The molecule has 0 bridgehead atoms. The average molecular weight is 324 g/mol. The van der Waals surface area contributed by atoms with Crippen LogP contribution in [-0.2, 0) is 23.2 Å². The molecule has 0 radical (unpaired) electrons.